The summed E-state index contributed by atoms with van der Waals surface area (Å²) in [6, 6.07) is 4.13. The molecule has 0 amide bonds. The number of aliphatic hydroxyl groups is 2. The molecule has 3 heteroatoms. The molecule has 0 radical (unpaired) electrons. The van der Waals surface area contributed by atoms with E-state index in [1.807, 2.05) is 0 Å². The van der Waals surface area contributed by atoms with Gasteiger partial charge in [0.1, 0.15) is 11.9 Å². The maximum atomic E-state index is 10.0. The van der Waals surface area contributed by atoms with Gasteiger partial charge >= 0.3 is 0 Å². The largest absolute Gasteiger partial charge is 0.486 e. The highest BCUT2D eigenvalue weighted by Gasteiger charge is 2.36. The van der Waals surface area contributed by atoms with Crippen molar-refractivity contribution < 1.29 is 14.9 Å². The fourth-order valence-corrected chi connectivity index (χ4v) is 2.48. The van der Waals surface area contributed by atoms with Crippen LogP contribution in [0.2, 0.25) is 0 Å². The third kappa shape index (κ3) is 2.38. The lowest BCUT2D eigenvalue weighted by Crippen LogP contribution is -2.39. The highest BCUT2D eigenvalue weighted by atomic mass is 16.5. The molecule has 18 heavy (non-hydrogen) atoms. The van der Waals surface area contributed by atoms with Gasteiger partial charge < -0.3 is 14.9 Å². The van der Waals surface area contributed by atoms with Gasteiger partial charge in [-0.15, -0.1) is 0 Å². The number of aliphatic hydroxyl groups excluding tert-OH is 1. The first-order chi connectivity index (χ1) is 8.47. The normalized spacial score (nSPS) is 18.6. The summed E-state index contributed by atoms with van der Waals surface area (Å²) >= 11 is 0. The maximum Gasteiger partial charge on any atom is 0.131 e. The van der Waals surface area contributed by atoms with Gasteiger partial charge in [0, 0.05) is 12.0 Å². The third-order valence-electron chi connectivity index (χ3n) is 3.57. The monoisotopic (exact) mass is 250 g/mol. The molecule has 1 aliphatic heterocycles. The molecule has 0 spiro atoms. The Hall–Kier alpha value is -1.06. The summed E-state index contributed by atoms with van der Waals surface area (Å²) in [5, 5.41) is 19.6. The zero-order valence-corrected chi connectivity index (χ0v) is 11.4. The first kappa shape index (κ1) is 13.4. The minimum Gasteiger partial charge on any atom is -0.486 e. The molecule has 100 valence electrons. The van der Waals surface area contributed by atoms with Gasteiger partial charge in [0.05, 0.1) is 12.2 Å². The molecule has 1 aromatic rings. The first-order valence-corrected chi connectivity index (χ1v) is 6.61. The van der Waals surface area contributed by atoms with Crippen molar-refractivity contribution in [3.05, 3.63) is 28.8 Å². The molecule has 3 nitrogen and oxygen atoms in total. The topological polar surface area (TPSA) is 49.7 Å². The minimum absolute atomic E-state index is 0.00289. The van der Waals surface area contributed by atoms with E-state index in [1.165, 1.54) is 0 Å². The molecule has 0 fully saturated rings. The van der Waals surface area contributed by atoms with Crippen molar-refractivity contribution in [2.24, 2.45) is 0 Å². The smallest absolute Gasteiger partial charge is 0.131 e. The lowest BCUT2D eigenvalue weighted by atomic mass is 9.95. The Balaban J connectivity index is 2.35. The Morgan fingerprint density at radius 2 is 2.11 bits per heavy atom. The summed E-state index contributed by atoms with van der Waals surface area (Å²) < 4.78 is 5.87. The number of hydrogen-bond donors (Lipinski definition) is 2. The van der Waals surface area contributed by atoms with Gasteiger partial charge in [-0.2, -0.15) is 0 Å². The van der Waals surface area contributed by atoms with E-state index in [-0.39, 0.29) is 12.7 Å². The zero-order chi connectivity index (χ0) is 13.3. The van der Waals surface area contributed by atoms with Crippen molar-refractivity contribution in [3.63, 3.8) is 0 Å². The van der Waals surface area contributed by atoms with Crippen LogP contribution in [0.1, 0.15) is 43.9 Å². The molecule has 0 aromatic heterocycles. The summed E-state index contributed by atoms with van der Waals surface area (Å²) in [4.78, 5) is 0. The summed E-state index contributed by atoms with van der Waals surface area (Å²) in [5.74, 6) is 0.788. The zero-order valence-electron chi connectivity index (χ0n) is 11.4. The predicted octanol–water partition coefficient (Wildman–Crippen LogP) is 2.21. The van der Waals surface area contributed by atoms with Gasteiger partial charge in [-0.05, 0) is 31.4 Å². The van der Waals surface area contributed by atoms with E-state index in [0.29, 0.717) is 6.42 Å². The Morgan fingerprint density at radius 3 is 2.67 bits per heavy atom. The predicted molar refractivity (Wildman–Crippen MR) is 70.8 cm³/mol. The van der Waals surface area contributed by atoms with Gasteiger partial charge in [0.15, 0.2) is 0 Å². The lowest BCUT2D eigenvalue weighted by molar-refractivity contribution is -0.0235. The number of ether oxygens (including phenoxy) is 1. The molecule has 2 rings (SSSR count). The molecule has 1 atom stereocenters. The highest BCUT2D eigenvalue weighted by molar-refractivity contribution is 5.49. The van der Waals surface area contributed by atoms with E-state index in [9.17, 15) is 10.2 Å². The first-order valence-electron chi connectivity index (χ1n) is 6.61. The fourth-order valence-electron chi connectivity index (χ4n) is 2.48. The quantitative estimate of drug-likeness (QED) is 0.861. The number of hydrogen-bond acceptors (Lipinski definition) is 3. The van der Waals surface area contributed by atoms with E-state index in [2.05, 4.69) is 19.1 Å². The van der Waals surface area contributed by atoms with Crippen LogP contribution in [0, 0.1) is 0 Å². The van der Waals surface area contributed by atoms with Gasteiger partial charge in [-0.3, -0.25) is 0 Å². The van der Waals surface area contributed by atoms with Gasteiger partial charge in [-0.1, -0.05) is 25.5 Å². The molecule has 0 aliphatic carbocycles. The number of fused-ring (bicyclic) bond motifs is 1. The van der Waals surface area contributed by atoms with Crippen LogP contribution in [0.5, 0.6) is 5.75 Å². The van der Waals surface area contributed by atoms with Crippen molar-refractivity contribution in [1.82, 2.24) is 0 Å². The average molecular weight is 250 g/mol. The molecule has 1 unspecified atom stereocenters. The second-order valence-electron chi connectivity index (χ2n) is 5.56. The van der Waals surface area contributed by atoms with Gasteiger partial charge in [0.2, 0.25) is 0 Å². The summed E-state index contributed by atoms with van der Waals surface area (Å²) in [6.45, 7) is 5.64. The standard InChI is InChI=1S/C15H22O3/c1-4-5-10-6-7-11-8-13(15(2,3)17)18-14(11)12(10)9-16/h6-7,13,16-17H,4-5,8-9H2,1-3H3. The second-order valence-corrected chi connectivity index (χ2v) is 5.56. The van der Waals surface area contributed by atoms with Crippen molar-refractivity contribution in [3.8, 4) is 5.75 Å². The summed E-state index contributed by atoms with van der Waals surface area (Å²) in [5.41, 5.74) is 2.26. The number of benzene rings is 1. The van der Waals surface area contributed by atoms with Gasteiger partial charge in [0.25, 0.3) is 0 Å². The third-order valence-corrected chi connectivity index (χ3v) is 3.57. The molecule has 0 bridgehead atoms. The maximum absolute atomic E-state index is 10.0. The van der Waals surface area contributed by atoms with Crippen LogP contribution in [0.4, 0.5) is 0 Å². The Kier molecular flexibility index (Phi) is 3.64. The van der Waals surface area contributed by atoms with E-state index < -0.39 is 5.60 Å². The minimum atomic E-state index is -0.864. The van der Waals surface area contributed by atoms with Crippen molar-refractivity contribution in [2.45, 2.75) is 58.3 Å². The van der Waals surface area contributed by atoms with E-state index in [1.54, 1.807) is 13.8 Å². The Bertz CT molecular complexity index is 432. The molecule has 1 heterocycles. The van der Waals surface area contributed by atoms with Crippen molar-refractivity contribution in [2.75, 3.05) is 0 Å². The fraction of sp³-hybridized carbons (Fsp3) is 0.600. The van der Waals surface area contributed by atoms with Crippen LogP contribution in [0.3, 0.4) is 0 Å². The second kappa shape index (κ2) is 4.90. The number of aryl methyl sites for hydroxylation is 1. The highest BCUT2D eigenvalue weighted by Crippen LogP contribution is 2.38. The van der Waals surface area contributed by atoms with Crippen LogP contribution in [-0.2, 0) is 19.4 Å². The molecular formula is C15H22O3. The van der Waals surface area contributed by atoms with Gasteiger partial charge in [-0.25, -0.2) is 0 Å². The SMILES string of the molecule is CCCc1ccc2c(c1CO)OC(C(C)(C)O)C2. The molecule has 1 aliphatic rings. The van der Waals surface area contributed by atoms with Crippen LogP contribution in [-0.4, -0.2) is 21.9 Å². The van der Waals surface area contributed by atoms with E-state index in [0.717, 1.165) is 35.3 Å². The van der Waals surface area contributed by atoms with E-state index in [4.69, 9.17) is 4.74 Å². The summed E-state index contributed by atoms with van der Waals surface area (Å²) in [7, 11) is 0. The van der Waals surface area contributed by atoms with Crippen LogP contribution >= 0.6 is 0 Å². The van der Waals surface area contributed by atoms with E-state index >= 15 is 0 Å². The van der Waals surface area contributed by atoms with Crippen molar-refractivity contribution >= 4 is 0 Å². The molecule has 2 N–H and O–H groups in total. The Morgan fingerprint density at radius 1 is 1.39 bits per heavy atom. The molecular weight excluding hydrogens is 228 g/mol. The molecule has 1 aromatic carbocycles. The molecule has 0 saturated carbocycles. The van der Waals surface area contributed by atoms with Crippen molar-refractivity contribution in [1.29, 1.82) is 0 Å². The Labute approximate surface area is 108 Å². The lowest BCUT2D eigenvalue weighted by Gasteiger charge is -2.25. The van der Waals surface area contributed by atoms with Crippen LogP contribution in [0.15, 0.2) is 12.1 Å². The van der Waals surface area contributed by atoms with Crippen LogP contribution < -0.4 is 4.74 Å². The number of rotatable bonds is 4. The summed E-state index contributed by atoms with van der Waals surface area (Å²) in [6.07, 6.45) is 2.47. The average Bonchev–Trinajstić information content (AvgIpc) is 2.72. The molecule has 0 saturated heterocycles. The van der Waals surface area contributed by atoms with Crippen LogP contribution in [0.25, 0.3) is 0 Å².